The van der Waals surface area contributed by atoms with Crippen LogP contribution >= 0.6 is 0 Å². The number of carbonyl (C=O) groups is 2. The van der Waals surface area contributed by atoms with Crippen LogP contribution in [0, 0.1) is 0 Å². The summed E-state index contributed by atoms with van der Waals surface area (Å²) >= 11 is 0. The van der Waals surface area contributed by atoms with Crippen molar-refractivity contribution in [3.8, 4) is 0 Å². The lowest BCUT2D eigenvalue weighted by atomic mass is 10.1. The van der Waals surface area contributed by atoms with Crippen LogP contribution < -0.4 is 10.6 Å². The first-order valence-corrected chi connectivity index (χ1v) is 9.67. The number of hydrogen-bond donors (Lipinski definition) is 2. The van der Waals surface area contributed by atoms with Crippen LogP contribution in [0.5, 0.6) is 0 Å². The van der Waals surface area contributed by atoms with Crippen LogP contribution in [0.15, 0.2) is 24.3 Å². The smallest absolute Gasteiger partial charge is 0.238 e. The number of amides is 2. The number of benzene rings is 1. The van der Waals surface area contributed by atoms with Crippen LogP contribution in [0.4, 0.5) is 11.4 Å². The fourth-order valence-electron chi connectivity index (χ4n) is 2.91. The van der Waals surface area contributed by atoms with Crippen molar-refractivity contribution in [1.29, 1.82) is 0 Å². The molecule has 26 heavy (non-hydrogen) atoms. The van der Waals surface area contributed by atoms with Gasteiger partial charge in [-0.1, -0.05) is 32.6 Å². The number of hydrogen-bond acceptors (Lipinski definition) is 4. The number of anilines is 2. The molecule has 1 aliphatic heterocycles. The minimum atomic E-state index is -0.0317. The molecule has 0 unspecified atom stereocenters. The Bertz CT molecular complexity index is 554. The standard InChI is InChI=1S/C20H31N3O3/c1-2-3-4-5-6-7-19(24)21-17-8-10-18(11-9-17)22-20(25)16-23-12-14-26-15-13-23/h8-11H,2-7,12-16H2,1H3,(H,21,24)(H,22,25). The zero-order valence-corrected chi connectivity index (χ0v) is 15.8. The van der Waals surface area contributed by atoms with Crippen LogP contribution in [-0.4, -0.2) is 49.6 Å². The molecule has 0 aliphatic carbocycles. The number of ether oxygens (including phenoxy) is 1. The van der Waals surface area contributed by atoms with Gasteiger partial charge in [0.2, 0.25) is 11.8 Å². The third-order valence-electron chi connectivity index (χ3n) is 4.43. The summed E-state index contributed by atoms with van der Waals surface area (Å²) in [6, 6.07) is 7.26. The van der Waals surface area contributed by atoms with E-state index in [1.807, 2.05) is 24.3 Å². The van der Waals surface area contributed by atoms with Gasteiger partial charge in [-0.15, -0.1) is 0 Å². The Morgan fingerprint density at radius 3 is 2.12 bits per heavy atom. The van der Waals surface area contributed by atoms with Crippen molar-refractivity contribution >= 4 is 23.2 Å². The molecule has 0 saturated carbocycles. The first-order chi connectivity index (χ1) is 12.7. The Morgan fingerprint density at radius 1 is 0.923 bits per heavy atom. The Morgan fingerprint density at radius 2 is 1.50 bits per heavy atom. The Balaban J connectivity index is 1.68. The minimum Gasteiger partial charge on any atom is -0.379 e. The largest absolute Gasteiger partial charge is 0.379 e. The van der Waals surface area contributed by atoms with Gasteiger partial charge in [0.25, 0.3) is 0 Å². The zero-order chi connectivity index (χ0) is 18.6. The van der Waals surface area contributed by atoms with Crippen LogP contribution in [0.25, 0.3) is 0 Å². The molecule has 6 heteroatoms. The molecule has 2 amide bonds. The molecule has 1 aliphatic rings. The van der Waals surface area contributed by atoms with E-state index in [0.717, 1.165) is 37.3 Å². The molecule has 0 bridgehead atoms. The molecule has 1 aromatic rings. The number of morpholine rings is 1. The van der Waals surface area contributed by atoms with E-state index in [4.69, 9.17) is 4.74 Å². The van der Waals surface area contributed by atoms with E-state index in [0.29, 0.717) is 26.2 Å². The highest BCUT2D eigenvalue weighted by Crippen LogP contribution is 2.15. The van der Waals surface area contributed by atoms with Gasteiger partial charge < -0.3 is 15.4 Å². The van der Waals surface area contributed by atoms with Crippen molar-refractivity contribution in [1.82, 2.24) is 4.90 Å². The summed E-state index contributed by atoms with van der Waals surface area (Å²) in [6.07, 6.45) is 6.24. The number of rotatable bonds is 10. The number of unbranched alkanes of at least 4 members (excludes halogenated alkanes) is 4. The molecule has 1 saturated heterocycles. The topological polar surface area (TPSA) is 70.7 Å². The maximum atomic E-state index is 12.1. The second-order valence-corrected chi connectivity index (χ2v) is 6.73. The lowest BCUT2D eigenvalue weighted by molar-refractivity contribution is -0.118. The molecule has 6 nitrogen and oxygen atoms in total. The second-order valence-electron chi connectivity index (χ2n) is 6.73. The Hall–Kier alpha value is -1.92. The molecular weight excluding hydrogens is 330 g/mol. The Labute approximate surface area is 156 Å². The normalized spacial score (nSPS) is 14.8. The van der Waals surface area contributed by atoms with Gasteiger partial charge in [-0.2, -0.15) is 0 Å². The fraction of sp³-hybridized carbons (Fsp3) is 0.600. The average Bonchev–Trinajstić information content (AvgIpc) is 2.64. The summed E-state index contributed by atoms with van der Waals surface area (Å²) in [5.74, 6) is 0.0152. The zero-order valence-electron chi connectivity index (χ0n) is 15.8. The summed E-state index contributed by atoms with van der Waals surface area (Å²) < 4.78 is 5.28. The van der Waals surface area contributed by atoms with Gasteiger partial charge in [0.05, 0.1) is 19.8 Å². The maximum Gasteiger partial charge on any atom is 0.238 e. The molecule has 1 heterocycles. The van der Waals surface area contributed by atoms with E-state index in [2.05, 4.69) is 22.5 Å². The lowest BCUT2D eigenvalue weighted by Gasteiger charge is -2.25. The van der Waals surface area contributed by atoms with Crippen LogP contribution in [0.3, 0.4) is 0 Å². The lowest BCUT2D eigenvalue weighted by Crippen LogP contribution is -2.41. The van der Waals surface area contributed by atoms with Crippen molar-refractivity contribution in [2.75, 3.05) is 43.5 Å². The average molecular weight is 361 g/mol. The molecule has 0 spiro atoms. The Kier molecular flexibility index (Phi) is 9.14. The molecule has 2 rings (SSSR count). The van der Waals surface area contributed by atoms with Gasteiger partial charge >= 0.3 is 0 Å². The van der Waals surface area contributed by atoms with Crippen molar-refractivity contribution in [3.05, 3.63) is 24.3 Å². The first kappa shape index (κ1) is 20.4. The molecule has 0 radical (unpaired) electrons. The van der Waals surface area contributed by atoms with E-state index in [9.17, 15) is 9.59 Å². The van der Waals surface area contributed by atoms with Crippen LogP contribution in [0.1, 0.15) is 45.4 Å². The summed E-state index contributed by atoms with van der Waals surface area (Å²) in [7, 11) is 0. The number of carbonyl (C=O) groups excluding carboxylic acids is 2. The quantitative estimate of drug-likeness (QED) is 0.628. The third kappa shape index (κ3) is 7.97. The van der Waals surface area contributed by atoms with Gasteiger partial charge in [-0.25, -0.2) is 0 Å². The van der Waals surface area contributed by atoms with Crippen molar-refractivity contribution in [2.45, 2.75) is 45.4 Å². The van der Waals surface area contributed by atoms with E-state index in [-0.39, 0.29) is 11.8 Å². The molecule has 1 aromatic carbocycles. The maximum absolute atomic E-state index is 12.1. The van der Waals surface area contributed by atoms with Crippen molar-refractivity contribution in [2.24, 2.45) is 0 Å². The van der Waals surface area contributed by atoms with E-state index >= 15 is 0 Å². The highest BCUT2D eigenvalue weighted by Gasteiger charge is 2.14. The number of nitrogens with one attached hydrogen (secondary N) is 2. The highest BCUT2D eigenvalue weighted by atomic mass is 16.5. The van der Waals surface area contributed by atoms with Crippen molar-refractivity contribution in [3.63, 3.8) is 0 Å². The van der Waals surface area contributed by atoms with Gasteiger partial charge in [0, 0.05) is 30.9 Å². The van der Waals surface area contributed by atoms with Crippen LogP contribution in [-0.2, 0) is 14.3 Å². The predicted octanol–water partition coefficient (Wildman–Crippen LogP) is 3.26. The summed E-state index contributed by atoms with van der Waals surface area (Å²) in [6.45, 7) is 5.50. The van der Waals surface area contributed by atoms with Crippen molar-refractivity contribution < 1.29 is 14.3 Å². The van der Waals surface area contributed by atoms with E-state index in [1.165, 1.54) is 19.3 Å². The monoisotopic (exact) mass is 361 g/mol. The molecule has 1 fully saturated rings. The fourth-order valence-corrected chi connectivity index (χ4v) is 2.91. The summed E-state index contributed by atoms with van der Waals surface area (Å²) in [5.41, 5.74) is 1.50. The molecule has 0 atom stereocenters. The van der Waals surface area contributed by atoms with Gasteiger partial charge in [0.15, 0.2) is 0 Å². The highest BCUT2D eigenvalue weighted by molar-refractivity contribution is 5.93. The van der Waals surface area contributed by atoms with Gasteiger partial charge in [-0.05, 0) is 30.7 Å². The van der Waals surface area contributed by atoms with E-state index < -0.39 is 0 Å². The summed E-state index contributed by atoms with van der Waals surface area (Å²) in [5, 5.41) is 5.79. The number of nitrogens with zero attached hydrogens (tertiary/aromatic N) is 1. The SMILES string of the molecule is CCCCCCCC(=O)Nc1ccc(NC(=O)CN2CCOCC2)cc1. The van der Waals surface area contributed by atoms with E-state index in [1.54, 1.807) is 0 Å². The first-order valence-electron chi connectivity index (χ1n) is 9.67. The summed E-state index contributed by atoms with van der Waals surface area (Å²) in [4.78, 5) is 26.1. The van der Waals surface area contributed by atoms with Gasteiger partial charge in [0.1, 0.15) is 0 Å². The van der Waals surface area contributed by atoms with Gasteiger partial charge in [-0.3, -0.25) is 14.5 Å². The minimum absolute atomic E-state index is 0.0317. The molecule has 144 valence electrons. The third-order valence-corrected chi connectivity index (χ3v) is 4.43. The molecule has 2 N–H and O–H groups in total. The predicted molar refractivity (Wildman–Crippen MR) is 104 cm³/mol. The molecular formula is C20H31N3O3. The second kappa shape index (κ2) is 11.6. The molecule has 0 aromatic heterocycles. The van der Waals surface area contributed by atoms with Crippen LogP contribution in [0.2, 0.25) is 0 Å².